The van der Waals surface area contributed by atoms with Gasteiger partial charge in [-0.2, -0.15) is 16.9 Å². The van der Waals surface area contributed by atoms with E-state index in [1.54, 1.807) is 27.3 Å². The minimum absolute atomic E-state index is 0.0233. The third-order valence-electron chi connectivity index (χ3n) is 2.89. The average molecular weight is 295 g/mol. The van der Waals surface area contributed by atoms with Gasteiger partial charge in [-0.1, -0.05) is 5.21 Å². The molecule has 0 atom stereocenters. The van der Waals surface area contributed by atoms with Crippen LogP contribution in [0.15, 0.2) is 12.4 Å². The topological polar surface area (TPSA) is 85.8 Å². The molecule has 0 saturated heterocycles. The maximum Gasteiger partial charge on any atom is 0.358 e. The van der Waals surface area contributed by atoms with Gasteiger partial charge in [-0.15, -0.1) is 5.10 Å². The summed E-state index contributed by atoms with van der Waals surface area (Å²) < 4.78 is 3.40. The maximum absolute atomic E-state index is 11.3. The monoisotopic (exact) mass is 295 g/mol. The summed E-state index contributed by atoms with van der Waals surface area (Å²) in [4.78, 5) is 11.3. The zero-order chi connectivity index (χ0) is 14.5. The Hall–Kier alpha value is -1.83. The number of nitrogens with zero attached hydrogens (tertiary/aromatic N) is 5. The van der Waals surface area contributed by atoms with Crippen LogP contribution in [0.2, 0.25) is 0 Å². The van der Waals surface area contributed by atoms with Crippen molar-refractivity contribution in [1.29, 1.82) is 0 Å². The predicted octanol–water partition coefficient (Wildman–Crippen LogP) is 1.61. The van der Waals surface area contributed by atoms with E-state index in [2.05, 4.69) is 15.4 Å². The standard InChI is InChI=1S/C12H17N5O2S/c1-3-16-8-9(7-13-16)11-10(12(18)19)14-15-17(11)5-4-6-20-2/h7-8H,3-6H2,1-2H3,(H,18,19). The molecule has 0 spiro atoms. The lowest BCUT2D eigenvalue weighted by Crippen LogP contribution is -2.05. The lowest BCUT2D eigenvalue weighted by atomic mass is 10.2. The molecule has 0 aliphatic rings. The van der Waals surface area contributed by atoms with Gasteiger partial charge in [0.05, 0.1) is 6.20 Å². The van der Waals surface area contributed by atoms with E-state index in [1.807, 2.05) is 19.4 Å². The number of thioether (sulfide) groups is 1. The van der Waals surface area contributed by atoms with Gasteiger partial charge in [0.15, 0.2) is 5.69 Å². The first kappa shape index (κ1) is 14.6. The van der Waals surface area contributed by atoms with E-state index < -0.39 is 5.97 Å². The summed E-state index contributed by atoms with van der Waals surface area (Å²) >= 11 is 1.75. The minimum Gasteiger partial charge on any atom is -0.476 e. The Morgan fingerprint density at radius 3 is 2.90 bits per heavy atom. The molecule has 0 unspecified atom stereocenters. The van der Waals surface area contributed by atoms with Crippen LogP contribution in [0.3, 0.4) is 0 Å². The smallest absolute Gasteiger partial charge is 0.358 e. The first-order valence-electron chi connectivity index (χ1n) is 6.36. The van der Waals surface area contributed by atoms with E-state index in [-0.39, 0.29) is 5.69 Å². The van der Waals surface area contributed by atoms with Crippen LogP contribution in [0, 0.1) is 0 Å². The second kappa shape index (κ2) is 6.56. The Bertz CT molecular complexity index is 592. The Balaban J connectivity index is 2.36. The molecular weight excluding hydrogens is 278 g/mol. The highest BCUT2D eigenvalue weighted by molar-refractivity contribution is 7.98. The van der Waals surface area contributed by atoms with Crippen LogP contribution in [-0.2, 0) is 13.1 Å². The number of hydrogen-bond acceptors (Lipinski definition) is 5. The SMILES string of the molecule is CCn1cc(-c2c(C(=O)O)nnn2CCCSC)cn1. The number of rotatable bonds is 7. The van der Waals surface area contributed by atoms with Gasteiger partial charge in [-0.25, -0.2) is 9.48 Å². The minimum atomic E-state index is -1.07. The van der Waals surface area contributed by atoms with Gasteiger partial charge in [0.1, 0.15) is 5.69 Å². The highest BCUT2D eigenvalue weighted by atomic mass is 32.2. The summed E-state index contributed by atoms with van der Waals surface area (Å²) in [5.74, 6) is -0.0731. The summed E-state index contributed by atoms with van der Waals surface area (Å²) in [5, 5.41) is 21.1. The van der Waals surface area contributed by atoms with E-state index in [1.165, 1.54) is 0 Å². The highest BCUT2D eigenvalue weighted by Crippen LogP contribution is 2.22. The van der Waals surface area contributed by atoms with Crippen LogP contribution in [-0.4, -0.2) is 47.9 Å². The van der Waals surface area contributed by atoms with Gasteiger partial charge in [0.2, 0.25) is 0 Å². The molecule has 2 aromatic heterocycles. The van der Waals surface area contributed by atoms with Crippen LogP contribution >= 0.6 is 11.8 Å². The van der Waals surface area contributed by atoms with Crippen LogP contribution < -0.4 is 0 Å². The lowest BCUT2D eigenvalue weighted by Gasteiger charge is -2.04. The number of aryl methyl sites for hydroxylation is 2. The van der Waals surface area contributed by atoms with Crippen LogP contribution in [0.4, 0.5) is 0 Å². The molecule has 2 aromatic rings. The maximum atomic E-state index is 11.3. The van der Waals surface area contributed by atoms with E-state index in [0.717, 1.165) is 24.3 Å². The number of aromatic carboxylic acids is 1. The van der Waals surface area contributed by atoms with E-state index in [9.17, 15) is 9.90 Å². The summed E-state index contributed by atoms with van der Waals surface area (Å²) in [6.07, 6.45) is 6.42. The molecule has 8 heteroatoms. The van der Waals surface area contributed by atoms with Gasteiger partial charge < -0.3 is 5.11 Å². The highest BCUT2D eigenvalue weighted by Gasteiger charge is 2.21. The summed E-state index contributed by atoms with van der Waals surface area (Å²) in [6.45, 7) is 3.35. The molecule has 0 aromatic carbocycles. The van der Waals surface area contributed by atoms with Crippen LogP contribution in [0.1, 0.15) is 23.8 Å². The fourth-order valence-electron chi connectivity index (χ4n) is 1.92. The third-order valence-corrected chi connectivity index (χ3v) is 3.58. The Kier molecular flexibility index (Phi) is 4.78. The fourth-order valence-corrected chi connectivity index (χ4v) is 2.33. The van der Waals surface area contributed by atoms with Crippen molar-refractivity contribution in [3.05, 3.63) is 18.1 Å². The zero-order valence-electron chi connectivity index (χ0n) is 11.5. The number of hydrogen-bond donors (Lipinski definition) is 1. The van der Waals surface area contributed by atoms with Crippen molar-refractivity contribution in [3.63, 3.8) is 0 Å². The number of carboxylic acid groups (broad SMARTS) is 1. The van der Waals surface area contributed by atoms with Crippen molar-refractivity contribution in [1.82, 2.24) is 24.8 Å². The van der Waals surface area contributed by atoms with Gasteiger partial charge in [-0.3, -0.25) is 4.68 Å². The van der Waals surface area contributed by atoms with Crippen LogP contribution in [0.25, 0.3) is 11.3 Å². The number of carbonyl (C=O) groups is 1. The van der Waals surface area contributed by atoms with Crippen molar-refractivity contribution in [2.45, 2.75) is 26.4 Å². The van der Waals surface area contributed by atoms with Crippen molar-refractivity contribution in [2.24, 2.45) is 0 Å². The van der Waals surface area contributed by atoms with Gasteiger partial charge in [0.25, 0.3) is 0 Å². The Labute approximate surface area is 121 Å². The first-order chi connectivity index (χ1) is 9.67. The molecular formula is C12H17N5O2S. The number of aromatic nitrogens is 5. The van der Waals surface area contributed by atoms with Gasteiger partial charge in [-0.05, 0) is 25.4 Å². The predicted molar refractivity (Wildman–Crippen MR) is 76.9 cm³/mol. The first-order valence-corrected chi connectivity index (χ1v) is 7.75. The Morgan fingerprint density at radius 1 is 1.50 bits per heavy atom. The molecule has 0 aliphatic heterocycles. The normalized spacial score (nSPS) is 10.9. The largest absolute Gasteiger partial charge is 0.476 e. The molecule has 7 nitrogen and oxygen atoms in total. The molecule has 2 heterocycles. The molecule has 0 saturated carbocycles. The molecule has 1 N–H and O–H groups in total. The molecule has 20 heavy (non-hydrogen) atoms. The molecule has 0 bridgehead atoms. The van der Waals surface area contributed by atoms with Gasteiger partial charge in [0, 0.05) is 24.8 Å². The lowest BCUT2D eigenvalue weighted by molar-refractivity contribution is 0.0691. The van der Waals surface area contributed by atoms with Crippen LogP contribution in [0.5, 0.6) is 0 Å². The summed E-state index contributed by atoms with van der Waals surface area (Å²) in [6, 6.07) is 0. The van der Waals surface area contributed by atoms with Crippen molar-refractivity contribution < 1.29 is 9.90 Å². The fraction of sp³-hybridized carbons (Fsp3) is 0.500. The summed E-state index contributed by atoms with van der Waals surface area (Å²) in [7, 11) is 0. The van der Waals surface area contributed by atoms with Crippen molar-refractivity contribution in [2.75, 3.05) is 12.0 Å². The molecule has 2 rings (SSSR count). The van der Waals surface area contributed by atoms with E-state index >= 15 is 0 Å². The Morgan fingerprint density at radius 2 is 2.30 bits per heavy atom. The molecule has 0 amide bonds. The molecule has 0 radical (unpaired) electrons. The quantitative estimate of drug-likeness (QED) is 0.781. The molecule has 108 valence electrons. The number of carboxylic acids is 1. The third kappa shape index (κ3) is 3.01. The summed E-state index contributed by atoms with van der Waals surface area (Å²) in [5.41, 5.74) is 1.24. The van der Waals surface area contributed by atoms with Crippen molar-refractivity contribution in [3.8, 4) is 11.3 Å². The van der Waals surface area contributed by atoms with Gasteiger partial charge >= 0.3 is 5.97 Å². The van der Waals surface area contributed by atoms with E-state index in [0.29, 0.717) is 12.2 Å². The second-order valence-electron chi connectivity index (χ2n) is 4.25. The zero-order valence-corrected chi connectivity index (χ0v) is 12.3. The molecule has 0 aliphatic carbocycles. The average Bonchev–Trinajstić information content (AvgIpc) is 3.04. The second-order valence-corrected chi connectivity index (χ2v) is 5.23. The molecule has 0 fully saturated rings. The van der Waals surface area contributed by atoms with Crippen molar-refractivity contribution >= 4 is 17.7 Å². The van der Waals surface area contributed by atoms with E-state index in [4.69, 9.17) is 0 Å².